The van der Waals surface area contributed by atoms with Crippen LogP contribution in [0.1, 0.15) is 37.4 Å². The third kappa shape index (κ3) is 4.57. The highest BCUT2D eigenvalue weighted by Crippen LogP contribution is 2.36. The van der Waals surface area contributed by atoms with Crippen molar-refractivity contribution in [1.29, 1.82) is 0 Å². The molecular weight excluding hydrogens is 475 g/mol. The summed E-state index contributed by atoms with van der Waals surface area (Å²) in [6.45, 7) is 2.47. The molecule has 0 spiro atoms. The number of carbonyl (C=O) groups excluding carboxylic acids is 2. The number of halogens is 1. The van der Waals surface area contributed by atoms with Gasteiger partial charge in [-0.05, 0) is 66.1 Å². The Kier molecular flexibility index (Phi) is 6.48. The first-order valence-corrected chi connectivity index (χ1v) is 12.6. The van der Waals surface area contributed by atoms with Crippen LogP contribution in [0.25, 0.3) is 0 Å². The smallest absolute Gasteiger partial charge is 0.259 e. The van der Waals surface area contributed by atoms with E-state index in [2.05, 4.69) is 5.32 Å². The highest BCUT2D eigenvalue weighted by atomic mass is 32.2. The molecule has 5 rings (SSSR count). The van der Waals surface area contributed by atoms with Crippen LogP contribution in [0.5, 0.6) is 0 Å². The maximum Gasteiger partial charge on any atom is 0.259 e. The van der Waals surface area contributed by atoms with E-state index < -0.39 is 10.8 Å². The van der Waals surface area contributed by atoms with E-state index in [1.54, 1.807) is 59.5 Å². The van der Waals surface area contributed by atoms with Gasteiger partial charge in [-0.3, -0.25) is 9.59 Å². The third-order valence-electron chi connectivity index (χ3n) is 6.23. The Morgan fingerprint density at radius 1 is 0.917 bits per heavy atom. The highest BCUT2D eigenvalue weighted by Gasteiger charge is 2.31. The van der Waals surface area contributed by atoms with Crippen LogP contribution >= 0.6 is 0 Å². The van der Waals surface area contributed by atoms with E-state index in [1.807, 2.05) is 31.2 Å². The van der Waals surface area contributed by atoms with Gasteiger partial charge in [-0.25, -0.2) is 8.60 Å². The summed E-state index contributed by atoms with van der Waals surface area (Å²) in [4.78, 5) is 29.2. The van der Waals surface area contributed by atoms with E-state index in [0.717, 1.165) is 16.7 Å². The van der Waals surface area contributed by atoms with Crippen LogP contribution in [0.2, 0.25) is 0 Å². The van der Waals surface area contributed by atoms with Crippen LogP contribution in [0.4, 0.5) is 10.1 Å². The normalized spacial score (nSPS) is 14.6. The van der Waals surface area contributed by atoms with Crippen molar-refractivity contribution in [2.24, 2.45) is 0 Å². The van der Waals surface area contributed by atoms with Crippen molar-refractivity contribution in [3.63, 3.8) is 0 Å². The van der Waals surface area contributed by atoms with E-state index in [4.69, 9.17) is 0 Å². The zero-order valence-electron chi connectivity index (χ0n) is 19.5. The molecule has 1 heterocycles. The number of rotatable bonds is 5. The molecule has 1 aliphatic heterocycles. The minimum atomic E-state index is -1.60. The number of hydrogen-bond donors (Lipinski definition) is 1. The molecule has 0 aromatic heterocycles. The molecule has 0 saturated heterocycles. The molecule has 4 aromatic rings. The predicted molar refractivity (Wildman–Crippen MR) is 137 cm³/mol. The molecule has 0 aliphatic carbocycles. The molecule has 5 nitrogen and oxygen atoms in total. The van der Waals surface area contributed by atoms with E-state index >= 15 is 0 Å². The van der Waals surface area contributed by atoms with Crippen molar-refractivity contribution in [3.05, 3.63) is 125 Å². The molecule has 0 bridgehead atoms. The molecule has 0 radical (unpaired) electrons. The summed E-state index contributed by atoms with van der Waals surface area (Å²) in [6, 6.07) is 25.5. The van der Waals surface area contributed by atoms with Crippen LogP contribution in [0.3, 0.4) is 0 Å². The number of hydrogen-bond acceptors (Lipinski definition) is 3. The Labute approximate surface area is 211 Å². The number of anilines is 1. The predicted octanol–water partition coefficient (Wildman–Crippen LogP) is 5.39. The highest BCUT2D eigenvalue weighted by molar-refractivity contribution is 7.85. The number of amides is 2. The molecule has 0 saturated carbocycles. The Morgan fingerprint density at radius 2 is 1.64 bits per heavy atom. The maximum atomic E-state index is 13.7. The van der Waals surface area contributed by atoms with Crippen molar-refractivity contribution in [2.75, 3.05) is 4.90 Å². The van der Waals surface area contributed by atoms with Crippen molar-refractivity contribution >= 4 is 28.3 Å². The summed E-state index contributed by atoms with van der Waals surface area (Å²) >= 11 is 0. The van der Waals surface area contributed by atoms with Gasteiger partial charge in [0, 0.05) is 12.1 Å². The summed E-state index contributed by atoms with van der Waals surface area (Å²) in [5, 5.41) is 2.83. The summed E-state index contributed by atoms with van der Waals surface area (Å²) in [6.07, 6.45) is 0. The van der Waals surface area contributed by atoms with Gasteiger partial charge in [0.1, 0.15) is 5.82 Å². The first kappa shape index (κ1) is 23.6. The SMILES string of the molecule is Cc1ccccc1CN1C(=O)c2ccccc2[S@](=O)c2ccc(C(=O)NCc3ccc(F)cc3)cc21. The number of benzene rings is 4. The molecule has 1 atom stereocenters. The van der Waals surface area contributed by atoms with Crippen LogP contribution in [0.15, 0.2) is 101 Å². The van der Waals surface area contributed by atoms with E-state index in [0.29, 0.717) is 26.6 Å². The molecular formula is C29H23FN2O3S. The molecule has 2 amide bonds. The number of nitrogens with one attached hydrogen (secondary N) is 1. The second kappa shape index (κ2) is 9.87. The topological polar surface area (TPSA) is 66.5 Å². The Balaban J connectivity index is 1.54. The summed E-state index contributed by atoms with van der Waals surface area (Å²) < 4.78 is 26.7. The fourth-order valence-electron chi connectivity index (χ4n) is 4.21. The molecule has 0 unspecified atom stereocenters. The van der Waals surface area contributed by atoms with Gasteiger partial charge >= 0.3 is 0 Å². The lowest BCUT2D eigenvalue weighted by molar-refractivity contribution is 0.0947. The number of fused-ring (bicyclic) bond motifs is 2. The van der Waals surface area contributed by atoms with Crippen molar-refractivity contribution in [2.45, 2.75) is 29.8 Å². The van der Waals surface area contributed by atoms with Crippen LogP contribution in [0, 0.1) is 12.7 Å². The quantitative estimate of drug-likeness (QED) is 0.401. The fourth-order valence-corrected chi connectivity index (χ4v) is 5.55. The maximum absolute atomic E-state index is 13.7. The monoisotopic (exact) mass is 498 g/mol. The first-order valence-electron chi connectivity index (χ1n) is 11.5. The Bertz CT molecular complexity index is 1500. The van der Waals surface area contributed by atoms with Crippen molar-refractivity contribution in [1.82, 2.24) is 5.32 Å². The first-order chi connectivity index (χ1) is 17.4. The van der Waals surface area contributed by atoms with Gasteiger partial charge in [0.2, 0.25) is 0 Å². The lowest BCUT2D eigenvalue weighted by atomic mass is 10.1. The lowest BCUT2D eigenvalue weighted by Crippen LogP contribution is -2.31. The molecule has 4 aromatic carbocycles. The largest absolute Gasteiger partial charge is 0.348 e. The second-order valence-electron chi connectivity index (χ2n) is 8.57. The van der Waals surface area contributed by atoms with Crippen LogP contribution in [-0.4, -0.2) is 16.0 Å². The third-order valence-corrected chi connectivity index (χ3v) is 7.73. The average molecular weight is 499 g/mol. The Morgan fingerprint density at radius 3 is 2.42 bits per heavy atom. The van der Waals surface area contributed by atoms with Gasteiger partial charge in [0.05, 0.1) is 38.4 Å². The van der Waals surface area contributed by atoms with E-state index in [1.165, 1.54) is 12.1 Å². The minimum Gasteiger partial charge on any atom is -0.348 e. The number of carbonyl (C=O) groups is 2. The summed E-state index contributed by atoms with van der Waals surface area (Å²) in [7, 11) is -1.60. The summed E-state index contributed by atoms with van der Waals surface area (Å²) in [5.41, 5.74) is 3.88. The van der Waals surface area contributed by atoms with Gasteiger partial charge in [-0.15, -0.1) is 0 Å². The molecule has 7 heteroatoms. The van der Waals surface area contributed by atoms with E-state index in [9.17, 15) is 18.2 Å². The van der Waals surface area contributed by atoms with Crippen LogP contribution < -0.4 is 10.2 Å². The number of aryl methyl sites for hydroxylation is 1. The van der Waals surface area contributed by atoms with Crippen molar-refractivity contribution in [3.8, 4) is 0 Å². The zero-order valence-corrected chi connectivity index (χ0v) is 20.3. The Hall–Kier alpha value is -4.10. The molecule has 1 aliphatic rings. The van der Waals surface area contributed by atoms with Crippen molar-refractivity contribution < 1.29 is 18.2 Å². The summed E-state index contributed by atoms with van der Waals surface area (Å²) in [5.74, 6) is -0.967. The standard InChI is InChI=1S/C29H23FN2O3S/c1-19-6-2-3-7-22(19)18-32-25-16-21(28(33)31-17-20-10-13-23(30)14-11-20)12-15-27(25)36(35)26-9-5-4-8-24(26)29(32)34/h2-16H,17-18H2,1H3,(H,31,33)/t36-/m0/s1. The van der Waals surface area contributed by atoms with E-state index in [-0.39, 0.29) is 30.7 Å². The molecule has 1 N–H and O–H groups in total. The number of nitrogens with zero attached hydrogens (tertiary/aromatic N) is 1. The van der Waals surface area contributed by atoms with Gasteiger partial charge in [0.15, 0.2) is 0 Å². The van der Waals surface area contributed by atoms with Crippen LogP contribution in [-0.2, 0) is 23.9 Å². The lowest BCUT2D eigenvalue weighted by Gasteiger charge is -2.24. The van der Waals surface area contributed by atoms with Gasteiger partial charge in [-0.2, -0.15) is 0 Å². The fraction of sp³-hybridized carbons (Fsp3) is 0.103. The van der Waals surface area contributed by atoms with Gasteiger partial charge in [0.25, 0.3) is 11.8 Å². The molecule has 36 heavy (non-hydrogen) atoms. The zero-order chi connectivity index (χ0) is 25.2. The average Bonchev–Trinajstić information content (AvgIpc) is 2.98. The molecule has 0 fully saturated rings. The van der Waals surface area contributed by atoms with Gasteiger partial charge < -0.3 is 10.2 Å². The van der Waals surface area contributed by atoms with Gasteiger partial charge in [-0.1, -0.05) is 48.5 Å². The second-order valence-corrected chi connectivity index (χ2v) is 9.99. The molecule has 180 valence electrons. The minimum absolute atomic E-state index is 0.222.